The molecule has 0 aromatic rings. The lowest BCUT2D eigenvalue weighted by Crippen LogP contribution is -2.48. The Bertz CT molecular complexity index is 311. The van der Waals surface area contributed by atoms with Gasteiger partial charge in [-0.1, -0.05) is 20.8 Å². The maximum absolute atomic E-state index is 12.6. The first-order valence-electron chi connectivity index (χ1n) is 7.33. The minimum Gasteiger partial charge on any atom is -0.342 e. The van der Waals surface area contributed by atoms with Gasteiger partial charge in [0.25, 0.3) is 0 Å². The highest BCUT2D eigenvalue weighted by Crippen LogP contribution is 2.36. The normalized spacial score (nSPS) is 29.2. The van der Waals surface area contributed by atoms with Gasteiger partial charge in [-0.2, -0.15) is 0 Å². The van der Waals surface area contributed by atoms with Crippen molar-refractivity contribution < 1.29 is 4.79 Å². The van der Waals surface area contributed by atoms with Crippen molar-refractivity contribution in [1.82, 2.24) is 10.2 Å². The van der Waals surface area contributed by atoms with Crippen LogP contribution in [0.15, 0.2) is 0 Å². The average molecular weight is 289 g/mol. The molecule has 0 saturated carbocycles. The molecule has 0 aliphatic carbocycles. The van der Waals surface area contributed by atoms with E-state index < -0.39 is 0 Å². The molecule has 2 heterocycles. The van der Waals surface area contributed by atoms with Gasteiger partial charge < -0.3 is 10.2 Å². The molecule has 2 aliphatic heterocycles. The molecule has 1 unspecified atom stereocenters. The maximum Gasteiger partial charge on any atom is 0.229 e. The molecule has 112 valence electrons. The zero-order valence-corrected chi connectivity index (χ0v) is 13.6. The van der Waals surface area contributed by atoms with E-state index >= 15 is 0 Å². The van der Waals surface area contributed by atoms with Crippen molar-refractivity contribution in [2.45, 2.75) is 47.0 Å². The van der Waals surface area contributed by atoms with E-state index in [9.17, 15) is 4.79 Å². The molecule has 1 N–H and O–H groups in total. The number of likely N-dealkylation sites (tertiary alicyclic amines) is 1. The van der Waals surface area contributed by atoms with E-state index in [1.54, 1.807) is 0 Å². The van der Waals surface area contributed by atoms with E-state index in [1.807, 2.05) is 0 Å². The van der Waals surface area contributed by atoms with Crippen molar-refractivity contribution in [2.24, 2.45) is 16.7 Å². The molecule has 1 atom stereocenters. The quantitative estimate of drug-likeness (QED) is 0.805. The highest BCUT2D eigenvalue weighted by molar-refractivity contribution is 5.85. The monoisotopic (exact) mass is 288 g/mol. The van der Waals surface area contributed by atoms with Gasteiger partial charge >= 0.3 is 0 Å². The molecule has 0 bridgehead atoms. The van der Waals surface area contributed by atoms with E-state index in [1.165, 1.54) is 12.8 Å². The molecule has 0 spiro atoms. The highest BCUT2D eigenvalue weighted by Gasteiger charge is 2.40. The second-order valence-electron chi connectivity index (χ2n) is 7.42. The van der Waals surface area contributed by atoms with Crippen LogP contribution in [0.5, 0.6) is 0 Å². The third-order valence-corrected chi connectivity index (χ3v) is 4.89. The maximum atomic E-state index is 12.6. The van der Waals surface area contributed by atoms with Crippen LogP contribution in [0.1, 0.15) is 47.0 Å². The van der Waals surface area contributed by atoms with Gasteiger partial charge in [-0.05, 0) is 44.1 Å². The largest absolute Gasteiger partial charge is 0.342 e. The van der Waals surface area contributed by atoms with Crippen LogP contribution < -0.4 is 5.32 Å². The van der Waals surface area contributed by atoms with Crippen LogP contribution in [0.3, 0.4) is 0 Å². The van der Waals surface area contributed by atoms with Crippen LogP contribution >= 0.6 is 12.4 Å². The van der Waals surface area contributed by atoms with Gasteiger partial charge in [0.15, 0.2) is 0 Å². The molecule has 19 heavy (non-hydrogen) atoms. The Morgan fingerprint density at radius 1 is 1.26 bits per heavy atom. The van der Waals surface area contributed by atoms with Crippen LogP contribution in [-0.2, 0) is 4.79 Å². The van der Waals surface area contributed by atoms with E-state index in [0.717, 1.165) is 38.5 Å². The molecule has 1 amide bonds. The zero-order chi connectivity index (χ0) is 13.4. The Kier molecular flexibility index (Phi) is 5.30. The minimum atomic E-state index is -0.144. The van der Waals surface area contributed by atoms with Gasteiger partial charge in [0.2, 0.25) is 5.91 Å². The number of carbonyl (C=O) groups is 1. The van der Waals surface area contributed by atoms with Gasteiger partial charge in [-0.15, -0.1) is 12.4 Å². The summed E-state index contributed by atoms with van der Waals surface area (Å²) in [7, 11) is 0. The molecule has 0 radical (unpaired) electrons. The number of hydrogen-bond donors (Lipinski definition) is 1. The van der Waals surface area contributed by atoms with E-state index in [-0.39, 0.29) is 17.8 Å². The van der Waals surface area contributed by atoms with Crippen LogP contribution in [0.4, 0.5) is 0 Å². The minimum absolute atomic E-state index is 0. The lowest BCUT2D eigenvalue weighted by Gasteiger charge is -2.41. The summed E-state index contributed by atoms with van der Waals surface area (Å²) >= 11 is 0. The Hall–Kier alpha value is -0.280. The SMILES string of the molecule is CC1(C(=O)N2CCC(C(C)(C)C)CC2)CCNC1.Cl. The lowest BCUT2D eigenvalue weighted by molar-refractivity contribution is -0.142. The van der Waals surface area contributed by atoms with Crippen molar-refractivity contribution >= 4 is 18.3 Å². The Morgan fingerprint density at radius 3 is 2.26 bits per heavy atom. The summed E-state index contributed by atoms with van der Waals surface area (Å²) in [5.74, 6) is 1.14. The summed E-state index contributed by atoms with van der Waals surface area (Å²) in [6, 6.07) is 0. The van der Waals surface area contributed by atoms with Gasteiger partial charge in [0.05, 0.1) is 5.41 Å². The number of hydrogen-bond acceptors (Lipinski definition) is 2. The summed E-state index contributed by atoms with van der Waals surface area (Å²) in [6.45, 7) is 12.8. The Labute approximate surface area is 123 Å². The molecule has 2 saturated heterocycles. The van der Waals surface area contributed by atoms with Crippen LogP contribution in [0, 0.1) is 16.7 Å². The molecule has 2 aliphatic rings. The first-order chi connectivity index (χ1) is 8.33. The van der Waals surface area contributed by atoms with Crippen LogP contribution in [0.2, 0.25) is 0 Å². The lowest BCUT2D eigenvalue weighted by atomic mass is 9.75. The van der Waals surface area contributed by atoms with Crippen molar-refractivity contribution in [1.29, 1.82) is 0 Å². The standard InChI is InChI=1S/C15H28N2O.ClH/c1-14(2,3)12-5-9-17(10-6-12)13(18)15(4)7-8-16-11-15;/h12,16H,5-11H2,1-4H3;1H. The molecule has 4 heteroatoms. The van der Waals surface area contributed by atoms with Crippen molar-refractivity contribution in [3.8, 4) is 0 Å². The summed E-state index contributed by atoms with van der Waals surface area (Å²) in [5.41, 5.74) is 0.239. The Balaban J connectivity index is 0.00000180. The smallest absolute Gasteiger partial charge is 0.229 e. The second-order valence-corrected chi connectivity index (χ2v) is 7.42. The van der Waals surface area contributed by atoms with E-state index in [4.69, 9.17) is 0 Å². The summed E-state index contributed by atoms with van der Waals surface area (Å²) < 4.78 is 0. The molecule has 2 rings (SSSR count). The first-order valence-corrected chi connectivity index (χ1v) is 7.33. The predicted octanol–water partition coefficient (Wildman–Crippen LogP) is 2.69. The molecular formula is C15H29ClN2O. The summed E-state index contributed by atoms with van der Waals surface area (Å²) in [6.07, 6.45) is 3.32. The number of carbonyl (C=O) groups excluding carboxylic acids is 1. The molecule has 0 aromatic carbocycles. The fraction of sp³-hybridized carbons (Fsp3) is 0.933. The molecule has 0 aromatic heterocycles. The number of amides is 1. The van der Waals surface area contributed by atoms with E-state index in [2.05, 4.69) is 37.9 Å². The third kappa shape index (κ3) is 3.63. The second kappa shape index (κ2) is 6.01. The number of nitrogens with zero attached hydrogens (tertiary/aromatic N) is 1. The molecular weight excluding hydrogens is 260 g/mol. The van der Waals surface area contributed by atoms with Crippen molar-refractivity contribution in [3.05, 3.63) is 0 Å². The number of halogens is 1. The highest BCUT2D eigenvalue weighted by atomic mass is 35.5. The fourth-order valence-corrected chi connectivity index (χ4v) is 3.33. The number of nitrogens with one attached hydrogen (secondary N) is 1. The van der Waals surface area contributed by atoms with Gasteiger partial charge in [0.1, 0.15) is 0 Å². The number of rotatable bonds is 1. The topological polar surface area (TPSA) is 32.3 Å². The summed E-state index contributed by atoms with van der Waals surface area (Å²) in [4.78, 5) is 14.7. The molecule has 2 fully saturated rings. The fourth-order valence-electron chi connectivity index (χ4n) is 3.33. The van der Waals surface area contributed by atoms with Crippen molar-refractivity contribution in [3.63, 3.8) is 0 Å². The zero-order valence-electron chi connectivity index (χ0n) is 12.8. The summed E-state index contributed by atoms with van der Waals surface area (Å²) in [5, 5.41) is 3.32. The first kappa shape index (κ1) is 16.8. The van der Waals surface area contributed by atoms with Gasteiger partial charge in [0, 0.05) is 19.6 Å². The average Bonchev–Trinajstić information content (AvgIpc) is 2.75. The van der Waals surface area contributed by atoms with Crippen LogP contribution in [0.25, 0.3) is 0 Å². The van der Waals surface area contributed by atoms with Crippen molar-refractivity contribution in [2.75, 3.05) is 26.2 Å². The van der Waals surface area contributed by atoms with Gasteiger partial charge in [-0.3, -0.25) is 4.79 Å². The third-order valence-electron chi connectivity index (χ3n) is 4.89. The van der Waals surface area contributed by atoms with Crippen LogP contribution in [-0.4, -0.2) is 37.0 Å². The van der Waals surface area contributed by atoms with Gasteiger partial charge in [-0.25, -0.2) is 0 Å². The predicted molar refractivity (Wildman–Crippen MR) is 81.6 cm³/mol. The molecule has 3 nitrogen and oxygen atoms in total. The van der Waals surface area contributed by atoms with E-state index in [0.29, 0.717) is 11.3 Å². The number of piperidine rings is 1. The Morgan fingerprint density at radius 2 is 1.84 bits per heavy atom.